The van der Waals surface area contributed by atoms with Crippen LogP contribution < -0.4 is 5.43 Å². The van der Waals surface area contributed by atoms with Crippen molar-refractivity contribution in [3.05, 3.63) is 56.7 Å². The first-order chi connectivity index (χ1) is 8.16. The summed E-state index contributed by atoms with van der Waals surface area (Å²) in [5.74, 6) is 0. The van der Waals surface area contributed by atoms with Crippen LogP contribution in [0.4, 0.5) is 0 Å². The van der Waals surface area contributed by atoms with Crippen molar-refractivity contribution in [2.75, 3.05) is 0 Å². The Labute approximate surface area is 106 Å². The monoisotopic (exact) mass is 288 g/mol. The largest absolute Gasteiger partial charge is 0.456 e. The summed E-state index contributed by atoms with van der Waals surface area (Å²) in [6.07, 6.45) is 0. The second-order valence-electron chi connectivity index (χ2n) is 4.04. The van der Waals surface area contributed by atoms with Crippen LogP contribution in [-0.2, 0) is 0 Å². The van der Waals surface area contributed by atoms with Crippen molar-refractivity contribution in [3.63, 3.8) is 0 Å². The Balaban J connectivity index is 2.62. The van der Waals surface area contributed by atoms with Crippen LogP contribution >= 0.6 is 15.9 Å². The van der Waals surface area contributed by atoms with E-state index in [0.29, 0.717) is 21.9 Å². The van der Waals surface area contributed by atoms with Crippen LogP contribution in [0, 0.1) is 6.92 Å². The molecule has 2 nitrogen and oxygen atoms in total. The third-order valence-electron chi connectivity index (χ3n) is 2.80. The molecule has 3 rings (SSSR count). The van der Waals surface area contributed by atoms with E-state index in [2.05, 4.69) is 15.9 Å². The van der Waals surface area contributed by atoms with Crippen LogP contribution in [0.3, 0.4) is 0 Å². The molecule has 0 aliphatic heterocycles. The van der Waals surface area contributed by atoms with E-state index in [-0.39, 0.29) is 5.43 Å². The van der Waals surface area contributed by atoms with E-state index in [1.54, 1.807) is 0 Å². The van der Waals surface area contributed by atoms with Gasteiger partial charge in [0.05, 0.1) is 10.8 Å². The van der Waals surface area contributed by atoms with Gasteiger partial charge in [-0.05, 0) is 52.7 Å². The Bertz CT molecular complexity index is 786. The first kappa shape index (κ1) is 10.5. The van der Waals surface area contributed by atoms with Gasteiger partial charge in [-0.25, -0.2) is 0 Å². The summed E-state index contributed by atoms with van der Waals surface area (Å²) in [7, 11) is 0. The van der Waals surface area contributed by atoms with Gasteiger partial charge in [-0.1, -0.05) is 12.1 Å². The average molecular weight is 289 g/mol. The highest BCUT2D eigenvalue weighted by atomic mass is 79.9. The summed E-state index contributed by atoms with van der Waals surface area (Å²) in [6.45, 7) is 1.98. The van der Waals surface area contributed by atoms with Gasteiger partial charge in [0, 0.05) is 4.47 Å². The molecule has 0 atom stereocenters. The van der Waals surface area contributed by atoms with E-state index in [4.69, 9.17) is 4.42 Å². The molecule has 17 heavy (non-hydrogen) atoms. The fourth-order valence-corrected chi connectivity index (χ4v) is 2.49. The first-order valence-electron chi connectivity index (χ1n) is 5.28. The molecule has 2 aromatic carbocycles. The summed E-state index contributed by atoms with van der Waals surface area (Å²) in [5.41, 5.74) is 2.34. The second-order valence-corrected chi connectivity index (χ2v) is 4.90. The van der Waals surface area contributed by atoms with Crippen LogP contribution in [-0.4, -0.2) is 0 Å². The molecule has 1 aromatic heterocycles. The molecule has 3 heteroatoms. The van der Waals surface area contributed by atoms with Crippen molar-refractivity contribution < 1.29 is 4.42 Å². The zero-order valence-corrected chi connectivity index (χ0v) is 10.7. The number of aryl methyl sites for hydroxylation is 1. The molecule has 0 unspecified atom stereocenters. The maximum Gasteiger partial charge on any atom is 0.201 e. The van der Waals surface area contributed by atoms with E-state index in [0.717, 1.165) is 10.0 Å². The smallest absolute Gasteiger partial charge is 0.201 e. The van der Waals surface area contributed by atoms with Crippen molar-refractivity contribution in [1.82, 2.24) is 0 Å². The van der Waals surface area contributed by atoms with Gasteiger partial charge in [-0.2, -0.15) is 0 Å². The van der Waals surface area contributed by atoms with E-state index in [1.165, 1.54) is 0 Å². The molecule has 0 spiro atoms. The third kappa shape index (κ3) is 1.58. The van der Waals surface area contributed by atoms with Crippen molar-refractivity contribution >= 4 is 37.9 Å². The van der Waals surface area contributed by atoms with Crippen molar-refractivity contribution in [2.24, 2.45) is 0 Å². The number of hydrogen-bond acceptors (Lipinski definition) is 2. The molecule has 0 saturated carbocycles. The maximum atomic E-state index is 12.3. The molecular weight excluding hydrogens is 280 g/mol. The molecule has 1 heterocycles. The molecule has 0 amide bonds. The van der Waals surface area contributed by atoms with Crippen molar-refractivity contribution in [1.29, 1.82) is 0 Å². The predicted octanol–water partition coefficient (Wildman–Crippen LogP) is 4.02. The summed E-state index contributed by atoms with van der Waals surface area (Å²) in [6, 6.07) is 11.1. The third-order valence-corrected chi connectivity index (χ3v) is 3.46. The molecule has 3 aromatic rings. The second kappa shape index (κ2) is 3.70. The van der Waals surface area contributed by atoms with Gasteiger partial charge in [-0.15, -0.1) is 0 Å². The summed E-state index contributed by atoms with van der Waals surface area (Å²) in [4.78, 5) is 12.3. The molecule has 0 aliphatic carbocycles. The normalized spacial score (nSPS) is 11.2. The van der Waals surface area contributed by atoms with Gasteiger partial charge >= 0.3 is 0 Å². The average Bonchev–Trinajstić information content (AvgIpc) is 2.28. The SMILES string of the molecule is Cc1ccc2c(=O)c3c(Br)cccc3oc2c1. The molecule has 0 aliphatic rings. The molecule has 0 saturated heterocycles. The minimum atomic E-state index is 0.00808. The van der Waals surface area contributed by atoms with Crippen LogP contribution in [0.1, 0.15) is 5.56 Å². The number of benzene rings is 2. The minimum absolute atomic E-state index is 0.00808. The van der Waals surface area contributed by atoms with Gasteiger partial charge < -0.3 is 4.42 Å². The molecule has 0 N–H and O–H groups in total. The standard InChI is InChI=1S/C14H9BrO2/c1-8-5-6-9-12(7-8)17-11-4-2-3-10(15)13(11)14(9)16/h2-7H,1H3. The Kier molecular flexibility index (Phi) is 2.30. The van der Waals surface area contributed by atoms with Gasteiger partial charge in [0.25, 0.3) is 0 Å². The highest BCUT2D eigenvalue weighted by molar-refractivity contribution is 9.10. The fourth-order valence-electron chi connectivity index (χ4n) is 1.96. The fraction of sp³-hybridized carbons (Fsp3) is 0.0714. The van der Waals surface area contributed by atoms with Crippen LogP contribution in [0.5, 0.6) is 0 Å². The number of fused-ring (bicyclic) bond motifs is 2. The summed E-state index contributed by atoms with van der Waals surface area (Å²) < 4.78 is 6.53. The lowest BCUT2D eigenvalue weighted by Crippen LogP contribution is -2.02. The van der Waals surface area contributed by atoms with E-state index in [1.807, 2.05) is 43.3 Å². The minimum Gasteiger partial charge on any atom is -0.456 e. The Morgan fingerprint density at radius 2 is 1.94 bits per heavy atom. The van der Waals surface area contributed by atoms with E-state index in [9.17, 15) is 4.79 Å². The van der Waals surface area contributed by atoms with Gasteiger partial charge in [0.2, 0.25) is 5.43 Å². The maximum absolute atomic E-state index is 12.3. The van der Waals surface area contributed by atoms with Gasteiger partial charge in [0.15, 0.2) is 0 Å². The quantitative estimate of drug-likeness (QED) is 0.585. The molecule has 84 valence electrons. The highest BCUT2D eigenvalue weighted by Crippen LogP contribution is 2.24. The topological polar surface area (TPSA) is 30.2 Å². The lowest BCUT2D eigenvalue weighted by Gasteiger charge is -2.03. The Hall–Kier alpha value is -1.61. The summed E-state index contributed by atoms with van der Waals surface area (Å²) in [5, 5.41) is 1.22. The Morgan fingerprint density at radius 1 is 1.12 bits per heavy atom. The first-order valence-corrected chi connectivity index (χ1v) is 6.08. The number of halogens is 1. The van der Waals surface area contributed by atoms with Crippen LogP contribution in [0.15, 0.2) is 50.1 Å². The van der Waals surface area contributed by atoms with Crippen LogP contribution in [0.2, 0.25) is 0 Å². The van der Waals surface area contributed by atoms with Crippen molar-refractivity contribution in [2.45, 2.75) is 6.92 Å². The lowest BCUT2D eigenvalue weighted by atomic mass is 10.1. The molecular formula is C14H9BrO2. The highest BCUT2D eigenvalue weighted by Gasteiger charge is 2.09. The molecule has 0 radical (unpaired) electrons. The Morgan fingerprint density at radius 3 is 2.76 bits per heavy atom. The molecule has 0 fully saturated rings. The molecule has 0 bridgehead atoms. The van der Waals surface area contributed by atoms with Gasteiger partial charge in [0.1, 0.15) is 11.2 Å². The number of hydrogen-bond donors (Lipinski definition) is 0. The number of rotatable bonds is 0. The lowest BCUT2D eigenvalue weighted by molar-refractivity contribution is 0.659. The van der Waals surface area contributed by atoms with E-state index < -0.39 is 0 Å². The predicted molar refractivity (Wildman–Crippen MR) is 72.4 cm³/mol. The van der Waals surface area contributed by atoms with E-state index >= 15 is 0 Å². The van der Waals surface area contributed by atoms with Crippen molar-refractivity contribution in [3.8, 4) is 0 Å². The zero-order valence-electron chi connectivity index (χ0n) is 9.16. The summed E-state index contributed by atoms with van der Waals surface area (Å²) >= 11 is 3.39. The van der Waals surface area contributed by atoms with Gasteiger partial charge in [-0.3, -0.25) is 4.79 Å². The van der Waals surface area contributed by atoms with Crippen LogP contribution in [0.25, 0.3) is 21.9 Å². The zero-order chi connectivity index (χ0) is 12.0.